The quantitative estimate of drug-likeness (QED) is 0.522. The summed E-state index contributed by atoms with van der Waals surface area (Å²) in [5.41, 5.74) is 3.52. The Bertz CT molecular complexity index is 1220. The number of hydrogen-bond acceptors (Lipinski definition) is 6. The molecule has 3 heterocycles. The molecule has 0 radical (unpaired) electrons. The van der Waals surface area contributed by atoms with Crippen LogP contribution in [0.25, 0.3) is 10.9 Å². The van der Waals surface area contributed by atoms with Gasteiger partial charge in [0.05, 0.1) is 16.2 Å². The van der Waals surface area contributed by atoms with Crippen molar-refractivity contribution < 1.29 is 9.53 Å². The summed E-state index contributed by atoms with van der Waals surface area (Å²) in [6.07, 6.45) is 5.01. The van der Waals surface area contributed by atoms with Crippen LogP contribution in [0.3, 0.4) is 0 Å². The Balaban J connectivity index is 1.22. The minimum Gasteiger partial charge on any atom is -0.482 e. The highest BCUT2D eigenvalue weighted by Gasteiger charge is 2.27. The highest BCUT2D eigenvalue weighted by Crippen LogP contribution is 2.27. The SMILES string of the molecule is Cc1ccc(OCC(=O)Nc2ccc3nc(N4CCC(N5CCCC5)CC4)nc(C)c3c2)c(Cl)c1. The second kappa shape index (κ2) is 10.4. The topological polar surface area (TPSA) is 70.6 Å². The predicted molar refractivity (Wildman–Crippen MR) is 141 cm³/mol. The Hall–Kier alpha value is -2.90. The predicted octanol–water partition coefficient (Wildman–Crippen LogP) is 4.98. The van der Waals surface area contributed by atoms with Gasteiger partial charge in [-0.15, -0.1) is 0 Å². The maximum Gasteiger partial charge on any atom is 0.262 e. The van der Waals surface area contributed by atoms with Crippen LogP contribution in [0.5, 0.6) is 5.75 Å². The number of aromatic nitrogens is 2. The van der Waals surface area contributed by atoms with E-state index in [-0.39, 0.29) is 12.5 Å². The van der Waals surface area contributed by atoms with Crippen LogP contribution >= 0.6 is 11.6 Å². The van der Waals surface area contributed by atoms with Gasteiger partial charge >= 0.3 is 0 Å². The van der Waals surface area contributed by atoms with Gasteiger partial charge in [0.2, 0.25) is 5.95 Å². The average Bonchev–Trinajstić information content (AvgIpc) is 3.39. The molecule has 2 aliphatic heterocycles. The van der Waals surface area contributed by atoms with Crippen molar-refractivity contribution in [1.29, 1.82) is 0 Å². The summed E-state index contributed by atoms with van der Waals surface area (Å²) in [5.74, 6) is 1.04. The van der Waals surface area contributed by atoms with E-state index < -0.39 is 0 Å². The van der Waals surface area contributed by atoms with Crippen LogP contribution in [0.1, 0.15) is 36.9 Å². The summed E-state index contributed by atoms with van der Waals surface area (Å²) in [4.78, 5) is 27.1. The number of nitrogens with one attached hydrogen (secondary N) is 1. The molecule has 0 saturated carbocycles. The highest BCUT2D eigenvalue weighted by atomic mass is 35.5. The molecule has 2 saturated heterocycles. The van der Waals surface area contributed by atoms with Crippen molar-refractivity contribution in [2.75, 3.05) is 43.0 Å². The lowest BCUT2D eigenvalue weighted by atomic mass is 10.0. The Labute approximate surface area is 211 Å². The third-order valence-electron chi connectivity index (χ3n) is 7.01. The van der Waals surface area contributed by atoms with E-state index in [1.54, 1.807) is 6.07 Å². The van der Waals surface area contributed by atoms with Crippen LogP contribution < -0.4 is 15.0 Å². The second-order valence-electron chi connectivity index (χ2n) is 9.57. The number of nitrogens with zero attached hydrogens (tertiary/aromatic N) is 4. The molecule has 0 unspecified atom stereocenters. The fourth-order valence-electron chi connectivity index (χ4n) is 5.09. The minimum absolute atomic E-state index is 0.122. The largest absolute Gasteiger partial charge is 0.482 e. The van der Waals surface area contributed by atoms with Crippen LogP contribution in [0.2, 0.25) is 5.02 Å². The minimum atomic E-state index is -0.253. The maximum absolute atomic E-state index is 12.4. The summed E-state index contributed by atoms with van der Waals surface area (Å²) in [7, 11) is 0. The van der Waals surface area contributed by atoms with Gasteiger partial charge in [0, 0.05) is 30.2 Å². The number of carbonyl (C=O) groups excluding carboxylic acids is 1. The van der Waals surface area contributed by atoms with Gasteiger partial charge in [-0.05, 0) is 88.5 Å². The number of aryl methyl sites for hydroxylation is 2. The molecule has 184 valence electrons. The van der Waals surface area contributed by atoms with Gasteiger partial charge in [-0.2, -0.15) is 0 Å². The number of halogens is 1. The first-order valence-corrected chi connectivity index (χ1v) is 12.8. The fourth-order valence-corrected chi connectivity index (χ4v) is 5.38. The van der Waals surface area contributed by atoms with E-state index in [2.05, 4.69) is 15.1 Å². The lowest BCUT2D eigenvalue weighted by Gasteiger charge is -2.36. The van der Waals surface area contributed by atoms with E-state index in [4.69, 9.17) is 26.3 Å². The Kier molecular flexibility index (Phi) is 7.07. The Morgan fingerprint density at radius 1 is 1.06 bits per heavy atom. The molecule has 2 fully saturated rings. The standard InChI is InChI=1S/C27H32ClN5O2/c1-18-5-8-25(23(28)15-18)35-17-26(34)30-20-6-7-24-22(16-20)19(2)29-27(31-24)33-13-9-21(10-14-33)32-11-3-4-12-32/h5-8,15-16,21H,3-4,9-14,17H2,1-2H3,(H,30,34). The third kappa shape index (κ3) is 5.52. The van der Waals surface area contributed by atoms with Crippen molar-refractivity contribution in [1.82, 2.24) is 14.9 Å². The molecular formula is C27H32ClN5O2. The van der Waals surface area contributed by atoms with Gasteiger partial charge in [-0.1, -0.05) is 17.7 Å². The highest BCUT2D eigenvalue weighted by molar-refractivity contribution is 6.32. The number of ether oxygens (including phenoxy) is 1. The van der Waals surface area contributed by atoms with Gasteiger partial charge in [0.25, 0.3) is 5.91 Å². The summed E-state index contributed by atoms with van der Waals surface area (Å²) in [6, 6.07) is 11.9. The van der Waals surface area contributed by atoms with E-state index in [0.717, 1.165) is 41.2 Å². The van der Waals surface area contributed by atoms with Crippen molar-refractivity contribution in [3.63, 3.8) is 0 Å². The molecule has 7 nitrogen and oxygen atoms in total. The zero-order valence-electron chi connectivity index (χ0n) is 20.4. The normalized spacial score (nSPS) is 17.2. The molecule has 0 spiro atoms. The molecule has 3 aromatic rings. The Morgan fingerprint density at radius 3 is 2.57 bits per heavy atom. The number of rotatable bonds is 6. The summed E-state index contributed by atoms with van der Waals surface area (Å²) >= 11 is 6.19. The van der Waals surface area contributed by atoms with Crippen LogP contribution in [-0.4, -0.2) is 59.6 Å². The molecule has 2 aromatic carbocycles. The van der Waals surface area contributed by atoms with Gasteiger partial charge in [0.15, 0.2) is 6.61 Å². The smallest absolute Gasteiger partial charge is 0.262 e. The zero-order valence-corrected chi connectivity index (χ0v) is 21.1. The van der Waals surface area contributed by atoms with Crippen molar-refractivity contribution in [3.8, 4) is 5.75 Å². The lowest BCUT2D eigenvalue weighted by Crippen LogP contribution is -2.44. The molecule has 0 aliphatic carbocycles. The van der Waals surface area contributed by atoms with Gasteiger partial charge in [-0.3, -0.25) is 4.79 Å². The number of carbonyl (C=O) groups is 1. The van der Waals surface area contributed by atoms with E-state index in [0.29, 0.717) is 22.5 Å². The van der Waals surface area contributed by atoms with E-state index in [9.17, 15) is 4.79 Å². The van der Waals surface area contributed by atoms with Crippen LogP contribution in [0, 0.1) is 13.8 Å². The van der Waals surface area contributed by atoms with Crippen LogP contribution in [0.15, 0.2) is 36.4 Å². The van der Waals surface area contributed by atoms with Crippen molar-refractivity contribution in [2.24, 2.45) is 0 Å². The number of fused-ring (bicyclic) bond motifs is 1. The van der Waals surface area contributed by atoms with Crippen molar-refractivity contribution in [3.05, 3.63) is 52.7 Å². The molecule has 1 N–H and O–H groups in total. The third-order valence-corrected chi connectivity index (χ3v) is 7.30. The average molecular weight is 494 g/mol. The molecule has 0 bridgehead atoms. The monoisotopic (exact) mass is 493 g/mol. The number of amides is 1. The number of benzene rings is 2. The number of hydrogen-bond donors (Lipinski definition) is 1. The maximum atomic E-state index is 12.4. The number of anilines is 2. The van der Waals surface area contributed by atoms with Crippen molar-refractivity contribution >= 4 is 40.0 Å². The molecule has 1 aromatic heterocycles. The van der Waals surface area contributed by atoms with Crippen molar-refractivity contribution in [2.45, 2.75) is 45.6 Å². The molecular weight excluding hydrogens is 462 g/mol. The molecule has 1 amide bonds. The van der Waals surface area contributed by atoms with E-state index in [1.165, 1.54) is 38.8 Å². The van der Waals surface area contributed by atoms with Gasteiger partial charge in [0.1, 0.15) is 5.75 Å². The Morgan fingerprint density at radius 2 is 1.83 bits per heavy atom. The first kappa shape index (κ1) is 23.8. The molecule has 2 aliphatic rings. The summed E-state index contributed by atoms with van der Waals surface area (Å²) in [6.45, 7) is 8.31. The number of likely N-dealkylation sites (tertiary alicyclic amines) is 1. The molecule has 5 rings (SSSR count). The summed E-state index contributed by atoms with van der Waals surface area (Å²) < 4.78 is 5.58. The van der Waals surface area contributed by atoms with E-state index >= 15 is 0 Å². The van der Waals surface area contributed by atoms with Gasteiger partial charge in [-0.25, -0.2) is 9.97 Å². The second-order valence-corrected chi connectivity index (χ2v) is 9.98. The lowest BCUT2D eigenvalue weighted by molar-refractivity contribution is -0.118. The molecule has 0 atom stereocenters. The summed E-state index contributed by atoms with van der Waals surface area (Å²) in [5, 5.41) is 4.32. The molecule has 8 heteroatoms. The molecule has 35 heavy (non-hydrogen) atoms. The first-order chi connectivity index (χ1) is 17.0. The van der Waals surface area contributed by atoms with Gasteiger partial charge < -0.3 is 19.9 Å². The zero-order chi connectivity index (χ0) is 24.4. The number of piperidine rings is 1. The first-order valence-electron chi connectivity index (χ1n) is 12.4. The van der Waals surface area contributed by atoms with Crippen LogP contribution in [0.4, 0.5) is 11.6 Å². The fraction of sp³-hybridized carbons (Fsp3) is 0.444. The van der Waals surface area contributed by atoms with E-state index in [1.807, 2.05) is 44.2 Å². The van der Waals surface area contributed by atoms with Crippen LogP contribution in [-0.2, 0) is 4.79 Å².